The molecule has 0 aromatic heterocycles. The van der Waals surface area contributed by atoms with E-state index in [1.807, 2.05) is 24.3 Å². The van der Waals surface area contributed by atoms with E-state index < -0.39 is 5.54 Å². The standard InChI is InChI=1S/C17H22ClN3OS/c1-23-10-8-13(19)16-20-14-7-4-9-17(21-16,15(14)22)11-5-2-3-6-12(11)18/h2-3,5-6,13-14H,4,7-10,19H2,1H3,(H,20,21)/t13?,14-,17-/m1/s1. The smallest absolute Gasteiger partial charge is 0.187 e. The molecule has 3 rings (SSSR count). The number of carbonyl (C=O) groups excluding carboxylic acids is 1. The van der Waals surface area contributed by atoms with Gasteiger partial charge in [0.15, 0.2) is 5.78 Å². The number of fused-ring (bicyclic) bond motifs is 2. The van der Waals surface area contributed by atoms with Gasteiger partial charge in [-0.25, -0.2) is 0 Å². The first-order chi connectivity index (χ1) is 11.1. The Hall–Kier alpha value is -1.04. The minimum Gasteiger partial charge on any atom is -0.356 e. The summed E-state index contributed by atoms with van der Waals surface area (Å²) in [4.78, 5) is 17.6. The molecule has 1 saturated carbocycles. The number of hydrogen-bond donors (Lipinski definition) is 2. The first-order valence-electron chi connectivity index (χ1n) is 7.98. The van der Waals surface area contributed by atoms with Crippen LogP contribution in [0, 0.1) is 0 Å². The third-order valence-electron chi connectivity index (χ3n) is 4.71. The number of thioether (sulfide) groups is 1. The largest absolute Gasteiger partial charge is 0.356 e. The predicted octanol–water partition coefficient (Wildman–Crippen LogP) is 2.74. The lowest BCUT2D eigenvalue weighted by atomic mass is 9.72. The lowest BCUT2D eigenvalue weighted by molar-refractivity contribution is -0.129. The maximum atomic E-state index is 13.0. The first-order valence-corrected chi connectivity index (χ1v) is 9.75. The summed E-state index contributed by atoms with van der Waals surface area (Å²) in [5.41, 5.74) is 6.39. The molecule has 1 unspecified atom stereocenters. The van der Waals surface area contributed by atoms with E-state index >= 15 is 0 Å². The Balaban J connectivity index is 1.98. The fourth-order valence-corrected chi connectivity index (χ4v) is 4.26. The van der Waals surface area contributed by atoms with Crippen LogP contribution >= 0.6 is 23.4 Å². The van der Waals surface area contributed by atoms with Crippen LogP contribution in [0.3, 0.4) is 0 Å². The highest BCUT2D eigenvalue weighted by atomic mass is 35.5. The van der Waals surface area contributed by atoms with Crippen molar-refractivity contribution in [2.75, 3.05) is 12.0 Å². The molecule has 1 heterocycles. The second-order valence-corrected chi connectivity index (χ2v) is 7.58. The average molecular weight is 352 g/mol. The summed E-state index contributed by atoms with van der Waals surface area (Å²) in [5, 5.41) is 4.01. The molecule has 1 aliphatic carbocycles. The Kier molecular flexibility index (Phi) is 4.99. The summed E-state index contributed by atoms with van der Waals surface area (Å²) >= 11 is 8.17. The number of rotatable bonds is 5. The number of aliphatic imine (C=N–C) groups is 1. The zero-order valence-corrected chi connectivity index (χ0v) is 14.8. The highest BCUT2D eigenvalue weighted by molar-refractivity contribution is 7.98. The molecule has 4 nitrogen and oxygen atoms in total. The van der Waals surface area contributed by atoms with Gasteiger partial charge in [-0.15, -0.1) is 0 Å². The van der Waals surface area contributed by atoms with Gasteiger partial charge in [-0.3, -0.25) is 9.79 Å². The molecular weight excluding hydrogens is 330 g/mol. The maximum Gasteiger partial charge on any atom is 0.187 e. The summed E-state index contributed by atoms with van der Waals surface area (Å²) in [5.74, 6) is 1.85. The maximum absolute atomic E-state index is 13.0. The molecule has 23 heavy (non-hydrogen) atoms. The van der Waals surface area contributed by atoms with Crippen LogP contribution in [-0.2, 0) is 10.3 Å². The van der Waals surface area contributed by atoms with Crippen LogP contribution < -0.4 is 11.1 Å². The van der Waals surface area contributed by atoms with Crippen LogP contribution in [0.4, 0.5) is 0 Å². The van der Waals surface area contributed by atoms with Gasteiger partial charge < -0.3 is 11.1 Å². The zero-order chi connectivity index (χ0) is 16.4. The Bertz CT molecular complexity index is 636. The second-order valence-electron chi connectivity index (χ2n) is 6.18. The minimum absolute atomic E-state index is 0.123. The quantitative estimate of drug-likeness (QED) is 0.856. The number of halogens is 1. The monoisotopic (exact) mass is 351 g/mol. The lowest BCUT2D eigenvalue weighted by Gasteiger charge is -2.45. The van der Waals surface area contributed by atoms with Crippen molar-refractivity contribution in [2.24, 2.45) is 10.7 Å². The predicted molar refractivity (Wildman–Crippen MR) is 97.3 cm³/mol. The summed E-state index contributed by atoms with van der Waals surface area (Å²) in [6.45, 7) is 0. The summed E-state index contributed by atoms with van der Waals surface area (Å²) < 4.78 is 0. The molecule has 124 valence electrons. The van der Waals surface area contributed by atoms with Gasteiger partial charge in [0.25, 0.3) is 0 Å². The van der Waals surface area contributed by atoms with Gasteiger partial charge in [0, 0.05) is 10.6 Å². The molecule has 3 N–H and O–H groups in total. The summed E-state index contributed by atoms with van der Waals surface area (Å²) in [6, 6.07) is 7.12. The van der Waals surface area contributed by atoms with Gasteiger partial charge in [-0.2, -0.15) is 11.8 Å². The van der Waals surface area contributed by atoms with Crippen molar-refractivity contribution in [2.45, 2.75) is 43.3 Å². The number of Topliss-reactive ketones (excluding diaryl/α,β-unsaturated/α-hetero) is 1. The Morgan fingerprint density at radius 1 is 1.52 bits per heavy atom. The minimum atomic E-state index is -0.769. The Morgan fingerprint density at radius 2 is 2.30 bits per heavy atom. The molecule has 2 bridgehead atoms. The normalized spacial score (nSPS) is 28.0. The number of ketones is 1. The van der Waals surface area contributed by atoms with Crippen LogP contribution in [0.1, 0.15) is 31.2 Å². The molecular formula is C17H22ClN3OS. The first kappa shape index (κ1) is 16.8. The number of benzene rings is 1. The SMILES string of the molecule is CSCCC(N)C1=N[C@@H]2CCC[C@](c3ccccc3Cl)(N1)C2=O. The van der Waals surface area contributed by atoms with E-state index in [0.717, 1.165) is 42.8 Å². The topological polar surface area (TPSA) is 67.5 Å². The van der Waals surface area contributed by atoms with Gasteiger partial charge in [0.05, 0.1) is 6.04 Å². The number of nitrogens with two attached hydrogens (primary N) is 1. The van der Waals surface area contributed by atoms with Crippen LogP contribution in [-0.4, -0.2) is 35.7 Å². The molecule has 6 heteroatoms. The number of amidine groups is 1. The van der Waals surface area contributed by atoms with E-state index in [9.17, 15) is 4.79 Å². The van der Waals surface area contributed by atoms with E-state index in [1.165, 1.54) is 0 Å². The molecule has 1 aliphatic heterocycles. The fourth-order valence-electron chi connectivity index (χ4n) is 3.48. The van der Waals surface area contributed by atoms with E-state index in [4.69, 9.17) is 17.3 Å². The number of nitrogens with zero attached hydrogens (tertiary/aromatic N) is 1. The lowest BCUT2D eigenvalue weighted by Crippen LogP contribution is -2.63. The molecule has 3 atom stereocenters. The van der Waals surface area contributed by atoms with E-state index in [1.54, 1.807) is 11.8 Å². The van der Waals surface area contributed by atoms with Gasteiger partial charge in [0.2, 0.25) is 0 Å². The molecule has 1 fully saturated rings. The van der Waals surface area contributed by atoms with E-state index in [0.29, 0.717) is 5.02 Å². The molecule has 0 saturated heterocycles. The third-order valence-corrected chi connectivity index (χ3v) is 5.68. The average Bonchev–Trinajstić information content (AvgIpc) is 2.53. The van der Waals surface area contributed by atoms with Crippen molar-refractivity contribution in [1.29, 1.82) is 0 Å². The zero-order valence-electron chi connectivity index (χ0n) is 13.2. The van der Waals surface area contributed by atoms with Crippen LogP contribution in [0.5, 0.6) is 0 Å². The highest BCUT2D eigenvalue weighted by Gasteiger charge is 2.50. The molecule has 0 radical (unpaired) electrons. The molecule has 2 aliphatic rings. The molecule has 1 aromatic carbocycles. The van der Waals surface area contributed by atoms with Crippen molar-refractivity contribution in [3.63, 3.8) is 0 Å². The van der Waals surface area contributed by atoms with Crippen LogP contribution in [0.2, 0.25) is 5.02 Å². The highest BCUT2D eigenvalue weighted by Crippen LogP contribution is 2.41. The van der Waals surface area contributed by atoms with Gasteiger partial charge >= 0.3 is 0 Å². The fraction of sp³-hybridized carbons (Fsp3) is 0.529. The Labute approximate surface area is 146 Å². The number of nitrogens with one attached hydrogen (secondary N) is 1. The van der Waals surface area contributed by atoms with Gasteiger partial charge in [-0.05, 0) is 43.8 Å². The molecule has 1 aromatic rings. The third kappa shape index (κ3) is 3.02. The summed E-state index contributed by atoms with van der Waals surface area (Å²) in [7, 11) is 0. The van der Waals surface area contributed by atoms with Crippen molar-refractivity contribution < 1.29 is 4.79 Å². The van der Waals surface area contributed by atoms with Crippen molar-refractivity contribution in [1.82, 2.24) is 5.32 Å². The second kappa shape index (κ2) is 6.83. The van der Waals surface area contributed by atoms with E-state index in [2.05, 4.69) is 16.6 Å². The van der Waals surface area contributed by atoms with Crippen molar-refractivity contribution in [3.8, 4) is 0 Å². The molecule has 0 amide bonds. The van der Waals surface area contributed by atoms with E-state index in [-0.39, 0.29) is 17.9 Å². The Morgan fingerprint density at radius 3 is 3.04 bits per heavy atom. The number of carbonyl (C=O) groups is 1. The van der Waals surface area contributed by atoms with Gasteiger partial charge in [-0.1, -0.05) is 29.8 Å². The number of hydrogen-bond acceptors (Lipinski definition) is 5. The van der Waals surface area contributed by atoms with Crippen LogP contribution in [0.15, 0.2) is 29.3 Å². The van der Waals surface area contributed by atoms with Crippen LogP contribution in [0.25, 0.3) is 0 Å². The van der Waals surface area contributed by atoms with Crippen molar-refractivity contribution in [3.05, 3.63) is 34.9 Å². The summed E-state index contributed by atoms with van der Waals surface area (Å²) in [6.07, 6.45) is 5.39. The van der Waals surface area contributed by atoms with Gasteiger partial charge in [0.1, 0.15) is 17.4 Å². The van der Waals surface area contributed by atoms with Crippen molar-refractivity contribution >= 4 is 35.0 Å². The molecule has 0 spiro atoms.